The highest BCUT2D eigenvalue weighted by Gasteiger charge is 2.25. The summed E-state index contributed by atoms with van der Waals surface area (Å²) in [6, 6.07) is 3.68. The molecule has 0 aromatic carbocycles. The van der Waals surface area contributed by atoms with Gasteiger partial charge in [-0.2, -0.15) is 0 Å². The van der Waals surface area contributed by atoms with Gasteiger partial charge in [-0.15, -0.1) is 0 Å². The van der Waals surface area contributed by atoms with Gasteiger partial charge in [-0.05, 0) is 25.0 Å². The second-order valence-corrected chi connectivity index (χ2v) is 4.09. The van der Waals surface area contributed by atoms with Crippen molar-refractivity contribution < 1.29 is 14.3 Å². The van der Waals surface area contributed by atoms with E-state index in [0.717, 1.165) is 17.5 Å². The molecule has 1 saturated carbocycles. The minimum atomic E-state index is -1.09. The van der Waals surface area contributed by atoms with E-state index in [0.29, 0.717) is 11.8 Å². The first-order chi connectivity index (χ1) is 8.24. The average Bonchev–Trinajstić information content (AvgIpc) is 3.06. The van der Waals surface area contributed by atoms with Crippen LogP contribution in [0.25, 0.3) is 11.5 Å². The van der Waals surface area contributed by atoms with E-state index < -0.39 is 5.97 Å². The number of carbonyl (C=O) groups is 1. The lowest BCUT2D eigenvalue weighted by Crippen LogP contribution is -1.95. The molecular formula is C12H10N2O3. The number of aromatic carboxylic acids is 1. The number of hydrogen-bond acceptors (Lipinski definition) is 4. The van der Waals surface area contributed by atoms with Crippen molar-refractivity contribution in [2.75, 3.05) is 0 Å². The molecule has 1 fully saturated rings. The molecule has 0 amide bonds. The Kier molecular flexibility index (Phi) is 2.18. The van der Waals surface area contributed by atoms with E-state index in [1.807, 2.05) is 6.07 Å². The molecule has 5 nitrogen and oxygen atoms in total. The first-order valence-electron chi connectivity index (χ1n) is 5.39. The molecule has 0 unspecified atom stereocenters. The summed E-state index contributed by atoms with van der Waals surface area (Å²) >= 11 is 0. The summed E-state index contributed by atoms with van der Waals surface area (Å²) in [6.07, 6.45) is 5.19. The minimum absolute atomic E-state index is 0.0789. The normalized spacial score (nSPS) is 14.8. The molecule has 0 aliphatic heterocycles. The fourth-order valence-electron chi connectivity index (χ4n) is 1.69. The molecule has 1 aliphatic rings. The number of aromatic nitrogens is 2. The maximum atomic E-state index is 10.7. The number of pyridine rings is 1. The van der Waals surface area contributed by atoms with Crippen molar-refractivity contribution in [3.05, 3.63) is 36.0 Å². The molecule has 2 heterocycles. The predicted octanol–water partition coefficient (Wildman–Crippen LogP) is 2.31. The molecule has 2 aromatic heterocycles. The Balaban J connectivity index is 1.96. The Morgan fingerprint density at radius 2 is 2.29 bits per heavy atom. The summed E-state index contributed by atoms with van der Waals surface area (Å²) in [4.78, 5) is 18.9. The number of carboxylic acids is 1. The zero-order chi connectivity index (χ0) is 11.8. The SMILES string of the molecule is O=C(O)c1coc(-c2ccnc(C3CC3)c2)n1. The summed E-state index contributed by atoms with van der Waals surface area (Å²) in [5.41, 5.74) is 1.72. The molecule has 3 rings (SSSR count). The Bertz CT molecular complexity index is 573. The zero-order valence-electron chi connectivity index (χ0n) is 8.96. The van der Waals surface area contributed by atoms with Crippen molar-refractivity contribution in [1.29, 1.82) is 0 Å². The molecule has 0 radical (unpaired) electrons. The largest absolute Gasteiger partial charge is 0.476 e. The summed E-state index contributed by atoms with van der Waals surface area (Å²) in [5.74, 6) is -0.216. The summed E-state index contributed by atoms with van der Waals surface area (Å²) in [5, 5.41) is 8.76. The van der Waals surface area contributed by atoms with Crippen molar-refractivity contribution in [1.82, 2.24) is 9.97 Å². The first-order valence-corrected chi connectivity index (χ1v) is 5.39. The molecule has 17 heavy (non-hydrogen) atoms. The van der Waals surface area contributed by atoms with E-state index in [4.69, 9.17) is 9.52 Å². The lowest BCUT2D eigenvalue weighted by Gasteiger charge is -1.99. The number of rotatable bonds is 3. The van der Waals surface area contributed by atoms with E-state index in [2.05, 4.69) is 9.97 Å². The third-order valence-corrected chi connectivity index (χ3v) is 2.75. The van der Waals surface area contributed by atoms with Gasteiger partial charge in [0.25, 0.3) is 0 Å². The molecule has 1 aliphatic carbocycles. The van der Waals surface area contributed by atoms with Crippen LogP contribution in [0.4, 0.5) is 0 Å². The van der Waals surface area contributed by atoms with Crippen molar-refractivity contribution in [3.8, 4) is 11.5 Å². The van der Waals surface area contributed by atoms with E-state index in [-0.39, 0.29) is 5.69 Å². The minimum Gasteiger partial charge on any atom is -0.476 e. The van der Waals surface area contributed by atoms with Crippen LogP contribution in [-0.2, 0) is 0 Å². The lowest BCUT2D eigenvalue weighted by molar-refractivity contribution is 0.0690. The summed E-state index contributed by atoms with van der Waals surface area (Å²) in [7, 11) is 0. The van der Waals surface area contributed by atoms with Gasteiger partial charge in [0, 0.05) is 23.4 Å². The second kappa shape index (κ2) is 3.69. The van der Waals surface area contributed by atoms with Gasteiger partial charge in [0.05, 0.1) is 0 Å². The van der Waals surface area contributed by atoms with Crippen LogP contribution in [0, 0.1) is 0 Å². The number of hydrogen-bond donors (Lipinski definition) is 1. The van der Waals surface area contributed by atoms with Crippen LogP contribution in [-0.4, -0.2) is 21.0 Å². The van der Waals surface area contributed by atoms with Crippen LogP contribution in [0.2, 0.25) is 0 Å². The van der Waals surface area contributed by atoms with Gasteiger partial charge >= 0.3 is 5.97 Å². The van der Waals surface area contributed by atoms with Crippen molar-refractivity contribution >= 4 is 5.97 Å². The fraction of sp³-hybridized carbons (Fsp3) is 0.250. The zero-order valence-corrected chi connectivity index (χ0v) is 8.96. The number of nitrogens with zero attached hydrogens (tertiary/aromatic N) is 2. The van der Waals surface area contributed by atoms with Crippen LogP contribution in [0.5, 0.6) is 0 Å². The molecule has 1 N–H and O–H groups in total. The van der Waals surface area contributed by atoms with E-state index in [9.17, 15) is 4.79 Å². The van der Waals surface area contributed by atoms with Crippen LogP contribution in [0.1, 0.15) is 34.9 Å². The fourth-order valence-corrected chi connectivity index (χ4v) is 1.69. The lowest BCUT2D eigenvalue weighted by atomic mass is 10.2. The highest BCUT2D eigenvalue weighted by Crippen LogP contribution is 2.39. The summed E-state index contributed by atoms with van der Waals surface area (Å²) < 4.78 is 5.15. The Hall–Kier alpha value is -2.17. The van der Waals surface area contributed by atoms with E-state index in [1.165, 1.54) is 12.8 Å². The summed E-state index contributed by atoms with van der Waals surface area (Å²) in [6.45, 7) is 0. The Labute approximate surface area is 97.1 Å². The highest BCUT2D eigenvalue weighted by atomic mass is 16.4. The monoisotopic (exact) mass is 230 g/mol. The van der Waals surface area contributed by atoms with Crippen LogP contribution < -0.4 is 0 Å². The molecule has 86 valence electrons. The van der Waals surface area contributed by atoms with Gasteiger partial charge < -0.3 is 9.52 Å². The van der Waals surface area contributed by atoms with Gasteiger partial charge in [-0.1, -0.05) is 0 Å². The standard InChI is InChI=1S/C12H10N2O3/c15-12(16)10-6-17-11(14-10)8-3-4-13-9(5-8)7-1-2-7/h3-7H,1-2H2,(H,15,16). The van der Waals surface area contributed by atoms with Crippen LogP contribution in [0.3, 0.4) is 0 Å². The Morgan fingerprint density at radius 3 is 2.94 bits per heavy atom. The molecule has 0 bridgehead atoms. The van der Waals surface area contributed by atoms with Crippen LogP contribution >= 0.6 is 0 Å². The molecule has 0 spiro atoms. The van der Waals surface area contributed by atoms with Gasteiger partial charge in [-0.3, -0.25) is 4.98 Å². The van der Waals surface area contributed by atoms with Crippen molar-refractivity contribution in [3.63, 3.8) is 0 Å². The highest BCUT2D eigenvalue weighted by molar-refractivity contribution is 5.85. The Morgan fingerprint density at radius 1 is 1.47 bits per heavy atom. The van der Waals surface area contributed by atoms with Crippen molar-refractivity contribution in [2.24, 2.45) is 0 Å². The maximum Gasteiger partial charge on any atom is 0.357 e. The third-order valence-electron chi connectivity index (χ3n) is 2.75. The van der Waals surface area contributed by atoms with Crippen LogP contribution in [0.15, 0.2) is 29.0 Å². The molecule has 5 heteroatoms. The topological polar surface area (TPSA) is 76.2 Å². The molecule has 0 saturated heterocycles. The molecular weight excluding hydrogens is 220 g/mol. The number of carboxylic acid groups (broad SMARTS) is 1. The van der Waals surface area contributed by atoms with Gasteiger partial charge in [0.2, 0.25) is 5.89 Å². The number of oxazole rings is 1. The molecule has 2 aromatic rings. The molecule has 0 atom stereocenters. The van der Waals surface area contributed by atoms with Gasteiger partial charge in [-0.25, -0.2) is 9.78 Å². The second-order valence-electron chi connectivity index (χ2n) is 4.09. The average molecular weight is 230 g/mol. The third kappa shape index (κ3) is 1.91. The smallest absolute Gasteiger partial charge is 0.357 e. The quantitative estimate of drug-likeness (QED) is 0.875. The first kappa shape index (κ1) is 10.0. The maximum absolute atomic E-state index is 10.7. The van der Waals surface area contributed by atoms with E-state index in [1.54, 1.807) is 12.3 Å². The predicted molar refractivity (Wildman–Crippen MR) is 58.7 cm³/mol. The van der Waals surface area contributed by atoms with Crippen molar-refractivity contribution in [2.45, 2.75) is 18.8 Å². The van der Waals surface area contributed by atoms with E-state index >= 15 is 0 Å². The van der Waals surface area contributed by atoms with Gasteiger partial charge in [0.15, 0.2) is 5.69 Å². The van der Waals surface area contributed by atoms with Gasteiger partial charge in [0.1, 0.15) is 6.26 Å².